The predicted molar refractivity (Wildman–Crippen MR) is 152 cm³/mol. The molecule has 0 atom stereocenters. The Morgan fingerprint density at radius 1 is 0.868 bits per heavy atom. The zero-order valence-electron chi connectivity index (χ0n) is 22.1. The summed E-state index contributed by atoms with van der Waals surface area (Å²) in [7, 11) is 1.54. The number of benzene rings is 2. The van der Waals surface area contributed by atoms with Crippen LogP contribution in [0.5, 0.6) is 0 Å². The lowest BCUT2D eigenvalue weighted by molar-refractivity contribution is 0.00578. The molecule has 1 saturated heterocycles. The number of rotatable bonds is 2. The number of fused-ring (bicyclic) bond motifs is 3. The Morgan fingerprint density at radius 2 is 1.50 bits per heavy atom. The summed E-state index contributed by atoms with van der Waals surface area (Å²) >= 11 is 6.06. The molecule has 2 aromatic heterocycles. The Morgan fingerprint density at radius 3 is 2.21 bits per heavy atom. The fourth-order valence-electron chi connectivity index (χ4n) is 4.89. The number of nitrogens with zero attached hydrogens (tertiary/aromatic N) is 6. The van der Waals surface area contributed by atoms with Crippen LogP contribution in [0.3, 0.4) is 0 Å². The molecule has 10 heteroatoms. The first-order valence-electron chi connectivity index (χ1n) is 12.6. The first-order valence-corrected chi connectivity index (χ1v) is 13.0. The molecule has 8 nitrogen and oxygen atoms in total. The van der Waals surface area contributed by atoms with Crippen molar-refractivity contribution < 1.29 is 9.31 Å². The van der Waals surface area contributed by atoms with Crippen molar-refractivity contribution in [1.29, 1.82) is 0 Å². The molecule has 0 saturated carbocycles. The van der Waals surface area contributed by atoms with E-state index in [0.29, 0.717) is 0 Å². The highest BCUT2D eigenvalue weighted by molar-refractivity contribution is 6.63. The van der Waals surface area contributed by atoms with E-state index in [4.69, 9.17) is 20.9 Å². The Bertz CT molecular complexity index is 1610. The van der Waals surface area contributed by atoms with Crippen LogP contribution in [0.25, 0.3) is 22.3 Å². The second-order valence-corrected chi connectivity index (χ2v) is 11.0. The number of aryl methyl sites for hydroxylation is 1. The van der Waals surface area contributed by atoms with Crippen molar-refractivity contribution in [2.45, 2.75) is 52.0 Å². The smallest absolute Gasteiger partial charge is 0.399 e. The molecule has 0 aliphatic carbocycles. The molecular formula is C28H28BClN6O2. The van der Waals surface area contributed by atoms with Gasteiger partial charge in [0.2, 0.25) is 5.28 Å². The largest absolute Gasteiger partial charge is 0.495 e. The molecule has 3 aliphatic heterocycles. The van der Waals surface area contributed by atoms with E-state index in [-0.39, 0.29) is 23.6 Å². The zero-order chi connectivity index (χ0) is 26.7. The van der Waals surface area contributed by atoms with Gasteiger partial charge in [-0.3, -0.25) is 14.7 Å². The molecule has 1 fully saturated rings. The van der Waals surface area contributed by atoms with Gasteiger partial charge in [0.15, 0.2) is 5.65 Å². The van der Waals surface area contributed by atoms with E-state index in [0.717, 1.165) is 52.0 Å². The van der Waals surface area contributed by atoms with Crippen molar-refractivity contribution in [2.24, 2.45) is 17.0 Å². The molecule has 4 aromatic rings. The van der Waals surface area contributed by atoms with Crippen LogP contribution < -0.4 is 5.46 Å². The first-order chi connectivity index (χ1) is 18.1. The summed E-state index contributed by atoms with van der Waals surface area (Å²) in [5.41, 5.74) is 7.77. The van der Waals surface area contributed by atoms with E-state index in [2.05, 4.69) is 70.9 Å². The van der Waals surface area contributed by atoms with Gasteiger partial charge >= 0.3 is 7.12 Å². The fourth-order valence-corrected chi connectivity index (χ4v) is 5.05. The average Bonchev–Trinajstić information content (AvgIpc) is 3.65. The number of hydrogen-bond donors (Lipinski definition) is 0. The Labute approximate surface area is 226 Å². The molecule has 3 aliphatic rings. The summed E-state index contributed by atoms with van der Waals surface area (Å²) in [5, 5.41) is 5.36. The minimum absolute atomic E-state index is 0.226. The molecule has 7 rings (SSSR count). The van der Waals surface area contributed by atoms with E-state index in [9.17, 15) is 0 Å². The molecule has 192 valence electrons. The van der Waals surface area contributed by atoms with E-state index in [1.165, 1.54) is 11.1 Å². The minimum Gasteiger partial charge on any atom is -0.399 e. The van der Waals surface area contributed by atoms with E-state index in [1.54, 1.807) is 10.9 Å². The van der Waals surface area contributed by atoms with Gasteiger partial charge in [-0.2, -0.15) is 10.1 Å². The third-order valence-corrected chi connectivity index (χ3v) is 7.89. The molecule has 0 bridgehead atoms. The van der Waals surface area contributed by atoms with Crippen molar-refractivity contribution in [3.05, 3.63) is 70.1 Å². The Kier molecular flexibility index (Phi) is 5.98. The van der Waals surface area contributed by atoms with Gasteiger partial charge in [0.05, 0.1) is 41.6 Å². The molecular weight excluding hydrogens is 499 g/mol. The van der Waals surface area contributed by atoms with Gasteiger partial charge in [-0.05, 0) is 61.4 Å². The van der Waals surface area contributed by atoms with E-state index >= 15 is 0 Å². The van der Waals surface area contributed by atoms with Crippen LogP contribution in [-0.2, 0) is 29.4 Å². The predicted octanol–water partition coefficient (Wildman–Crippen LogP) is 4.53. The van der Waals surface area contributed by atoms with Crippen molar-refractivity contribution in [1.82, 2.24) is 19.7 Å². The highest BCUT2D eigenvalue weighted by atomic mass is 35.5. The Balaban J connectivity index is 0.000000140. The molecule has 0 amide bonds. The lowest BCUT2D eigenvalue weighted by atomic mass is 9.75. The maximum Gasteiger partial charge on any atom is 0.495 e. The van der Waals surface area contributed by atoms with Crippen LogP contribution in [0.1, 0.15) is 49.9 Å². The number of halogens is 1. The van der Waals surface area contributed by atoms with Crippen LogP contribution in [0, 0.1) is 0 Å². The minimum atomic E-state index is -0.297. The van der Waals surface area contributed by atoms with Gasteiger partial charge < -0.3 is 9.31 Å². The molecule has 0 unspecified atom stereocenters. The van der Waals surface area contributed by atoms with Crippen LogP contribution in [0.15, 0.2) is 52.6 Å². The second kappa shape index (κ2) is 9.11. The Hall–Kier alpha value is -3.40. The van der Waals surface area contributed by atoms with Gasteiger partial charge in [0.25, 0.3) is 0 Å². The summed E-state index contributed by atoms with van der Waals surface area (Å²) in [5.74, 6) is 0. The van der Waals surface area contributed by atoms with Gasteiger partial charge in [-0.15, -0.1) is 0 Å². The maximum absolute atomic E-state index is 6.09. The van der Waals surface area contributed by atoms with Gasteiger partial charge in [-0.25, -0.2) is 4.98 Å². The highest BCUT2D eigenvalue weighted by Crippen LogP contribution is 2.37. The van der Waals surface area contributed by atoms with Gasteiger partial charge in [0.1, 0.15) is 0 Å². The lowest BCUT2D eigenvalue weighted by Crippen LogP contribution is -2.41. The fraction of sp³-hybridized carbons (Fsp3) is 0.321. The second-order valence-electron chi connectivity index (χ2n) is 10.7. The third-order valence-electron chi connectivity index (χ3n) is 7.72. The van der Waals surface area contributed by atoms with Gasteiger partial charge in [0, 0.05) is 30.6 Å². The molecule has 0 spiro atoms. The van der Waals surface area contributed by atoms with Crippen molar-refractivity contribution in [2.75, 3.05) is 0 Å². The third kappa shape index (κ3) is 4.15. The summed E-state index contributed by atoms with van der Waals surface area (Å²) in [6, 6.07) is 12.3. The standard InChI is InChI=1S/C14H18BNO2.C14H10ClN5/c1-13(2)14(3,4)18-15(17-13)12-7-5-6-10-8-16-9-11(10)12;1-20-13-11(7-17-20)12(18-14(15)19-13)9-4-2-3-8-5-16-6-10(8)9/h5-7,9H,8H2,1-4H3;2-4,6-7H,5H2,1H3. The van der Waals surface area contributed by atoms with Crippen LogP contribution in [0.4, 0.5) is 0 Å². The van der Waals surface area contributed by atoms with Crippen LogP contribution in [-0.4, -0.2) is 50.5 Å². The monoisotopic (exact) mass is 526 g/mol. The van der Waals surface area contributed by atoms with Crippen LogP contribution in [0.2, 0.25) is 5.28 Å². The number of hydrogen-bond acceptors (Lipinski definition) is 7. The van der Waals surface area contributed by atoms with Crippen LogP contribution >= 0.6 is 11.6 Å². The molecule has 0 N–H and O–H groups in total. The van der Waals surface area contributed by atoms with Crippen molar-refractivity contribution in [3.8, 4) is 11.3 Å². The van der Waals surface area contributed by atoms with E-state index < -0.39 is 0 Å². The average molecular weight is 527 g/mol. The lowest BCUT2D eigenvalue weighted by Gasteiger charge is -2.32. The topological polar surface area (TPSA) is 86.8 Å². The van der Waals surface area contributed by atoms with Gasteiger partial charge in [-0.1, -0.05) is 36.4 Å². The number of aromatic nitrogens is 4. The number of aliphatic imine (C=N–C) groups is 2. The molecule has 38 heavy (non-hydrogen) atoms. The highest BCUT2D eigenvalue weighted by Gasteiger charge is 2.52. The molecule has 2 aromatic carbocycles. The summed E-state index contributed by atoms with van der Waals surface area (Å²) in [4.78, 5) is 17.3. The summed E-state index contributed by atoms with van der Waals surface area (Å²) in [6.07, 6.45) is 5.59. The molecule has 5 heterocycles. The van der Waals surface area contributed by atoms with Crippen molar-refractivity contribution in [3.63, 3.8) is 0 Å². The zero-order valence-corrected chi connectivity index (χ0v) is 22.8. The first kappa shape index (κ1) is 24.9. The van der Waals surface area contributed by atoms with Crippen molar-refractivity contribution >= 4 is 47.6 Å². The summed E-state index contributed by atoms with van der Waals surface area (Å²) < 4.78 is 13.9. The normalized spacial score (nSPS) is 18.0. The molecule has 0 radical (unpaired) electrons. The summed E-state index contributed by atoms with van der Waals surface area (Å²) in [6.45, 7) is 9.78. The quantitative estimate of drug-likeness (QED) is 0.283. The van der Waals surface area contributed by atoms with E-state index in [1.807, 2.05) is 37.7 Å². The maximum atomic E-state index is 6.09. The SMILES string of the molecule is CC1(C)OB(c2cccc3c2C=NC3)OC1(C)C.Cn1ncc2c(-c3cccc4c3C=NC4)nc(Cl)nc21.